The van der Waals surface area contributed by atoms with Gasteiger partial charge in [-0.2, -0.15) is 0 Å². The van der Waals surface area contributed by atoms with Crippen molar-refractivity contribution in [2.24, 2.45) is 45.7 Å². The molecule has 0 aromatic carbocycles. The fourth-order valence-corrected chi connectivity index (χ4v) is 5.87. The molecule has 5 amide bonds. The second-order valence-corrected chi connectivity index (χ2v) is 14.2. The summed E-state index contributed by atoms with van der Waals surface area (Å²) >= 11 is 0. The number of carboxylic acid groups (broad SMARTS) is 1. The third-order valence-electron chi connectivity index (χ3n) is 9.07. The van der Waals surface area contributed by atoms with Crippen LogP contribution in [-0.4, -0.2) is 107 Å². The molecule has 7 atom stereocenters. The third-order valence-corrected chi connectivity index (χ3v) is 9.07. The average molecular weight is 725 g/mol. The van der Waals surface area contributed by atoms with Crippen molar-refractivity contribution >= 4 is 41.5 Å². The van der Waals surface area contributed by atoms with Crippen LogP contribution in [0.15, 0.2) is 4.99 Å². The minimum atomic E-state index is -1.23. The number of aliphatic carboxylic acids is 1. The van der Waals surface area contributed by atoms with Crippen LogP contribution in [0.3, 0.4) is 0 Å². The topological polar surface area (TPSA) is 290 Å². The van der Waals surface area contributed by atoms with Gasteiger partial charge in [0, 0.05) is 13.1 Å². The van der Waals surface area contributed by atoms with Crippen molar-refractivity contribution in [2.45, 2.75) is 136 Å². The number of guanidine groups is 1. The fourth-order valence-electron chi connectivity index (χ4n) is 5.87. The van der Waals surface area contributed by atoms with Crippen LogP contribution in [0, 0.1) is 17.8 Å². The molecule has 0 aromatic rings. The number of nitrogens with zero attached hydrogens (tertiary/aromatic N) is 2. The first-order valence-corrected chi connectivity index (χ1v) is 18.2. The number of carboxylic acids is 1. The molecule has 1 aliphatic heterocycles. The number of nitrogens with two attached hydrogens (primary N) is 4. The molecule has 0 aromatic heterocycles. The highest BCUT2D eigenvalue weighted by molar-refractivity contribution is 5.96. The van der Waals surface area contributed by atoms with Crippen LogP contribution in [-0.2, 0) is 28.8 Å². The van der Waals surface area contributed by atoms with Gasteiger partial charge < -0.3 is 54.2 Å². The number of carbonyl (C=O) groups excluding carboxylic acids is 5. The predicted molar refractivity (Wildman–Crippen MR) is 195 cm³/mol. The number of rotatable bonds is 23. The van der Waals surface area contributed by atoms with E-state index in [1.165, 1.54) is 4.90 Å². The van der Waals surface area contributed by atoms with Gasteiger partial charge in [0.1, 0.15) is 30.2 Å². The Morgan fingerprint density at radius 3 is 2.02 bits per heavy atom. The summed E-state index contributed by atoms with van der Waals surface area (Å²) in [5, 5.41) is 20.6. The van der Waals surface area contributed by atoms with Crippen molar-refractivity contribution in [1.29, 1.82) is 0 Å². The van der Waals surface area contributed by atoms with E-state index in [2.05, 4.69) is 26.3 Å². The minimum Gasteiger partial charge on any atom is -0.480 e. The second kappa shape index (κ2) is 22.7. The largest absolute Gasteiger partial charge is 0.480 e. The van der Waals surface area contributed by atoms with Gasteiger partial charge in [0.25, 0.3) is 0 Å². The molecule has 1 heterocycles. The van der Waals surface area contributed by atoms with E-state index in [-0.39, 0.29) is 49.6 Å². The molecule has 0 spiro atoms. The molecule has 0 radical (unpaired) electrons. The molecule has 17 nitrogen and oxygen atoms in total. The van der Waals surface area contributed by atoms with Gasteiger partial charge in [0.2, 0.25) is 29.5 Å². The highest BCUT2D eigenvalue weighted by Crippen LogP contribution is 2.22. The van der Waals surface area contributed by atoms with Crippen LogP contribution in [0.4, 0.5) is 0 Å². The number of amides is 5. The number of aliphatic imine (C=N–C) groups is 1. The summed E-state index contributed by atoms with van der Waals surface area (Å²) in [6.07, 6.45) is 3.82. The highest BCUT2D eigenvalue weighted by Gasteiger charge is 2.40. The molecular weight excluding hydrogens is 660 g/mol. The first-order chi connectivity index (χ1) is 23.9. The lowest BCUT2D eigenvalue weighted by atomic mass is 9.95. The first kappa shape index (κ1) is 45.0. The maximum absolute atomic E-state index is 14.0. The smallest absolute Gasteiger partial charge is 0.326 e. The third kappa shape index (κ3) is 15.4. The zero-order chi connectivity index (χ0) is 38.8. The maximum atomic E-state index is 14.0. The average Bonchev–Trinajstić information content (AvgIpc) is 3.55. The minimum absolute atomic E-state index is 0.0260. The number of unbranched alkanes of at least 4 members (excludes halogenated alkanes) is 1. The van der Waals surface area contributed by atoms with Crippen molar-refractivity contribution < 1.29 is 33.9 Å². The molecule has 292 valence electrons. The van der Waals surface area contributed by atoms with E-state index in [1.807, 2.05) is 20.8 Å². The summed E-state index contributed by atoms with van der Waals surface area (Å²) in [4.78, 5) is 84.7. The summed E-state index contributed by atoms with van der Waals surface area (Å²) in [5.41, 5.74) is 22.2. The molecule has 17 heteroatoms. The van der Waals surface area contributed by atoms with Gasteiger partial charge in [-0.1, -0.05) is 54.4 Å². The standard InChI is InChI=1S/C34H64N10O7/c1-7-21(6)27(43-30(47)26(20(4)5)42-28(45)22(36)12-8-9-15-35)31(48)41-24(18-19(2)3)32(49)44-17-11-14-25(44)29(46)40-23(33(50)51)13-10-16-39-34(37)38/h19-27H,7-18,35-36H2,1-6H3,(H,40,46)(H,41,48)(H,42,45)(H,43,47)(H,50,51)(H4,37,38,39)/t21-,22-,23-,24-,25+,26-,27-/m0/s1. The van der Waals surface area contributed by atoms with E-state index in [9.17, 15) is 33.9 Å². The molecule has 1 saturated heterocycles. The van der Waals surface area contributed by atoms with E-state index in [0.29, 0.717) is 45.1 Å². The van der Waals surface area contributed by atoms with Gasteiger partial charge in [-0.05, 0) is 69.2 Å². The quantitative estimate of drug-likeness (QED) is 0.0359. The van der Waals surface area contributed by atoms with Gasteiger partial charge in [0.15, 0.2) is 5.96 Å². The van der Waals surface area contributed by atoms with Gasteiger partial charge in [-0.15, -0.1) is 0 Å². The lowest BCUT2D eigenvalue weighted by molar-refractivity contribution is -0.145. The number of carbonyl (C=O) groups is 6. The molecule has 0 bridgehead atoms. The van der Waals surface area contributed by atoms with Crippen molar-refractivity contribution in [3.8, 4) is 0 Å². The molecular formula is C34H64N10O7. The second-order valence-electron chi connectivity index (χ2n) is 14.2. The molecule has 1 fully saturated rings. The summed E-state index contributed by atoms with van der Waals surface area (Å²) in [5.74, 6) is -4.70. The monoisotopic (exact) mass is 724 g/mol. The number of likely N-dealkylation sites (tertiary alicyclic amines) is 1. The fraction of sp³-hybridized carbons (Fsp3) is 0.794. The summed E-state index contributed by atoms with van der Waals surface area (Å²) in [6.45, 7) is 11.9. The Morgan fingerprint density at radius 2 is 1.47 bits per heavy atom. The van der Waals surface area contributed by atoms with Crippen molar-refractivity contribution in [3.05, 3.63) is 0 Å². The summed E-state index contributed by atoms with van der Waals surface area (Å²) < 4.78 is 0. The van der Waals surface area contributed by atoms with Crippen molar-refractivity contribution in [3.63, 3.8) is 0 Å². The molecule has 13 N–H and O–H groups in total. The van der Waals surface area contributed by atoms with Gasteiger partial charge >= 0.3 is 5.97 Å². The predicted octanol–water partition coefficient (Wildman–Crippen LogP) is -0.741. The van der Waals surface area contributed by atoms with E-state index in [1.54, 1.807) is 20.8 Å². The Bertz CT molecular complexity index is 1190. The molecule has 51 heavy (non-hydrogen) atoms. The lowest BCUT2D eigenvalue weighted by Gasteiger charge is -2.32. The number of hydrogen-bond donors (Lipinski definition) is 9. The zero-order valence-corrected chi connectivity index (χ0v) is 31.3. The van der Waals surface area contributed by atoms with Crippen LogP contribution in [0.25, 0.3) is 0 Å². The van der Waals surface area contributed by atoms with Crippen LogP contribution < -0.4 is 44.2 Å². The number of nitrogens with one attached hydrogen (secondary N) is 4. The SMILES string of the molecule is CC[C@H](C)[C@H](NC(=O)[C@@H](NC(=O)[C@@H](N)CCCCN)C(C)C)C(=O)N[C@@H](CC(C)C)C(=O)N1CCC[C@@H]1C(=O)N[C@@H](CCCN=C(N)N)C(=O)O. The molecule has 0 aliphatic carbocycles. The van der Waals surface area contributed by atoms with Crippen LogP contribution in [0.2, 0.25) is 0 Å². The van der Waals surface area contributed by atoms with E-state index in [0.717, 1.165) is 6.42 Å². The molecule has 1 aliphatic rings. The van der Waals surface area contributed by atoms with Crippen molar-refractivity contribution in [1.82, 2.24) is 26.2 Å². The highest BCUT2D eigenvalue weighted by atomic mass is 16.4. The van der Waals surface area contributed by atoms with Gasteiger partial charge in [-0.25, -0.2) is 4.79 Å². The normalized spacial score (nSPS) is 17.8. The van der Waals surface area contributed by atoms with E-state index in [4.69, 9.17) is 22.9 Å². The molecule has 0 saturated carbocycles. The first-order valence-electron chi connectivity index (χ1n) is 18.2. The van der Waals surface area contributed by atoms with Gasteiger partial charge in [0.05, 0.1) is 6.04 Å². The Hall–Kier alpha value is -3.99. The Balaban J connectivity index is 3.14. The Kier molecular flexibility index (Phi) is 20.1. The lowest BCUT2D eigenvalue weighted by Crippen LogP contribution is -2.61. The molecule has 0 unspecified atom stereocenters. The number of hydrogen-bond acceptors (Lipinski definition) is 9. The zero-order valence-electron chi connectivity index (χ0n) is 31.3. The Morgan fingerprint density at radius 1 is 0.843 bits per heavy atom. The van der Waals surface area contributed by atoms with Crippen LogP contribution in [0.1, 0.15) is 99.3 Å². The van der Waals surface area contributed by atoms with Gasteiger partial charge in [-0.3, -0.25) is 29.0 Å². The Labute approximate surface area is 302 Å². The summed E-state index contributed by atoms with van der Waals surface area (Å²) in [6, 6.07) is -5.96. The summed E-state index contributed by atoms with van der Waals surface area (Å²) in [7, 11) is 0. The maximum Gasteiger partial charge on any atom is 0.326 e. The van der Waals surface area contributed by atoms with Crippen molar-refractivity contribution in [2.75, 3.05) is 19.6 Å². The van der Waals surface area contributed by atoms with E-state index >= 15 is 0 Å². The molecule has 1 rings (SSSR count). The van der Waals surface area contributed by atoms with Crippen LogP contribution in [0.5, 0.6) is 0 Å². The van der Waals surface area contributed by atoms with E-state index < -0.39 is 71.8 Å². The van der Waals surface area contributed by atoms with Crippen LogP contribution >= 0.6 is 0 Å².